The summed E-state index contributed by atoms with van der Waals surface area (Å²) in [6, 6.07) is 14.7. The molecule has 2 aromatic heterocycles. The number of nitrogens with zero attached hydrogens (tertiary/aromatic N) is 1. The van der Waals surface area contributed by atoms with E-state index in [1.807, 2.05) is 30.3 Å². The number of rotatable bonds is 5. The van der Waals surface area contributed by atoms with E-state index in [-0.39, 0.29) is 23.4 Å². The van der Waals surface area contributed by atoms with E-state index in [1.165, 1.54) is 6.20 Å². The van der Waals surface area contributed by atoms with E-state index in [2.05, 4.69) is 34.1 Å². The van der Waals surface area contributed by atoms with Gasteiger partial charge in [-0.3, -0.25) is 9.59 Å². The summed E-state index contributed by atoms with van der Waals surface area (Å²) in [4.78, 5) is 35.8. The van der Waals surface area contributed by atoms with Gasteiger partial charge in [0.05, 0.1) is 22.6 Å². The first-order valence-electron chi connectivity index (χ1n) is 9.44. The Morgan fingerprint density at radius 3 is 2.57 bits per heavy atom. The van der Waals surface area contributed by atoms with Gasteiger partial charge < -0.3 is 15.3 Å². The number of H-pyrrole nitrogens is 2. The largest absolute Gasteiger partial charge is 0.342 e. The zero-order valence-corrected chi connectivity index (χ0v) is 15.8. The zero-order valence-electron chi connectivity index (χ0n) is 15.8. The van der Waals surface area contributed by atoms with E-state index in [0.717, 1.165) is 23.3 Å². The molecule has 0 saturated heterocycles. The molecule has 2 atom stereocenters. The molecule has 0 radical (unpaired) electrons. The second-order valence-electron chi connectivity index (χ2n) is 7.05. The van der Waals surface area contributed by atoms with Gasteiger partial charge in [-0.05, 0) is 24.1 Å². The molecule has 2 heterocycles. The predicted molar refractivity (Wildman–Crippen MR) is 110 cm³/mol. The smallest absolute Gasteiger partial charge is 0.255 e. The van der Waals surface area contributed by atoms with Gasteiger partial charge in [0.15, 0.2) is 0 Å². The molecule has 6 nitrogen and oxygen atoms in total. The van der Waals surface area contributed by atoms with Gasteiger partial charge >= 0.3 is 0 Å². The number of pyridine rings is 1. The van der Waals surface area contributed by atoms with Crippen molar-refractivity contribution in [3.8, 4) is 0 Å². The van der Waals surface area contributed by atoms with Crippen molar-refractivity contribution in [2.75, 3.05) is 0 Å². The second-order valence-corrected chi connectivity index (χ2v) is 7.05. The van der Waals surface area contributed by atoms with Gasteiger partial charge in [0.25, 0.3) is 11.5 Å². The third kappa shape index (κ3) is 3.17. The normalized spacial score (nSPS) is 13.5. The highest BCUT2D eigenvalue weighted by molar-refractivity contribution is 6.06. The van der Waals surface area contributed by atoms with Crippen LogP contribution in [0.4, 0.5) is 0 Å². The minimum Gasteiger partial charge on any atom is -0.342 e. The fraction of sp³-hybridized carbons (Fsp3) is 0.227. The van der Waals surface area contributed by atoms with Gasteiger partial charge in [-0.25, -0.2) is 4.98 Å². The molecule has 6 heteroatoms. The van der Waals surface area contributed by atoms with Crippen LogP contribution in [0, 0.1) is 5.92 Å². The lowest BCUT2D eigenvalue weighted by atomic mass is 9.97. The first-order chi connectivity index (χ1) is 13.6. The third-order valence-electron chi connectivity index (χ3n) is 5.26. The number of carbonyl (C=O) groups is 1. The number of hydrogen-bond acceptors (Lipinski definition) is 3. The summed E-state index contributed by atoms with van der Waals surface area (Å²) < 4.78 is 0. The van der Waals surface area contributed by atoms with Gasteiger partial charge in [0.1, 0.15) is 5.82 Å². The molecule has 4 rings (SSSR count). The van der Waals surface area contributed by atoms with Crippen LogP contribution in [0.25, 0.3) is 21.8 Å². The van der Waals surface area contributed by atoms with Crippen molar-refractivity contribution in [1.82, 2.24) is 20.3 Å². The number of aromatic nitrogens is 3. The van der Waals surface area contributed by atoms with Crippen molar-refractivity contribution in [2.24, 2.45) is 5.92 Å². The molecule has 0 saturated carbocycles. The van der Waals surface area contributed by atoms with E-state index >= 15 is 0 Å². The monoisotopic (exact) mass is 374 g/mol. The Kier molecular flexibility index (Phi) is 4.69. The van der Waals surface area contributed by atoms with Gasteiger partial charge in [-0.1, -0.05) is 50.6 Å². The fourth-order valence-corrected chi connectivity index (χ4v) is 3.45. The molecule has 0 unspecified atom stereocenters. The standard InChI is InChI=1S/C22H22N4O2/c1-3-13(2)19(20-24-17-10-6-7-11-18(17)25-20)26-22(28)16-12-23-21(27)15-9-5-4-8-14(15)16/h4-13,19H,3H2,1-2H3,(H,23,27)(H,24,25)(H,26,28)/t13-,19-/m0/s1. The van der Waals surface area contributed by atoms with Crippen molar-refractivity contribution in [3.05, 3.63) is 76.5 Å². The highest BCUT2D eigenvalue weighted by Gasteiger charge is 2.25. The van der Waals surface area contributed by atoms with Crippen LogP contribution in [0.5, 0.6) is 0 Å². The van der Waals surface area contributed by atoms with Crippen LogP contribution in [0.15, 0.2) is 59.5 Å². The summed E-state index contributed by atoms with van der Waals surface area (Å²) >= 11 is 0. The minimum atomic E-state index is -0.268. The molecule has 1 amide bonds. The van der Waals surface area contributed by atoms with Crippen LogP contribution < -0.4 is 10.9 Å². The van der Waals surface area contributed by atoms with Crippen LogP contribution in [0.1, 0.15) is 42.5 Å². The topological polar surface area (TPSA) is 90.6 Å². The van der Waals surface area contributed by atoms with Crippen molar-refractivity contribution < 1.29 is 4.79 Å². The number of hydrogen-bond donors (Lipinski definition) is 3. The van der Waals surface area contributed by atoms with Crippen LogP contribution in [0.2, 0.25) is 0 Å². The number of amides is 1. The molecule has 0 aliphatic heterocycles. The van der Waals surface area contributed by atoms with Crippen LogP contribution in [-0.2, 0) is 0 Å². The van der Waals surface area contributed by atoms with Gasteiger partial charge in [0, 0.05) is 17.0 Å². The molecule has 2 aromatic carbocycles. The number of nitrogens with one attached hydrogen (secondary N) is 3. The first-order valence-corrected chi connectivity index (χ1v) is 9.44. The maximum Gasteiger partial charge on any atom is 0.255 e. The molecule has 0 bridgehead atoms. The van der Waals surface area contributed by atoms with E-state index in [4.69, 9.17) is 0 Å². The van der Waals surface area contributed by atoms with Crippen LogP contribution in [0.3, 0.4) is 0 Å². The fourth-order valence-electron chi connectivity index (χ4n) is 3.45. The highest BCUT2D eigenvalue weighted by Crippen LogP contribution is 2.25. The Morgan fingerprint density at radius 2 is 1.82 bits per heavy atom. The number of aromatic amines is 2. The Bertz CT molecular complexity index is 1170. The van der Waals surface area contributed by atoms with Crippen LogP contribution in [-0.4, -0.2) is 20.9 Å². The molecule has 28 heavy (non-hydrogen) atoms. The van der Waals surface area contributed by atoms with Crippen molar-refractivity contribution in [2.45, 2.75) is 26.3 Å². The first kappa shape index (κ1) is 18.0. The van der Waals surface area contributed by atoms with Gasteiger partial charge in [-0.15, -0.1) is 0 Å². The summed E-state index contributed by atoms with van der Waals surface area (Å²) in [5.41, 5.74) is 2.05. The summed E-state index contributed by atoms with van der Waals surface area (Å²) in [6.45, 7) is 4.17. The summed E-state index contributed by atoms with van der Waals surface area (Å²) in [5.74, 6) is 0.675. The molecule has 4 aromatic rings. The Morgan fingerprint density at radius 1 is 1.11 bits per heavy atom. The summed E-state index contributed by atoms with van der Waals surface area (Å²) in [7, 11) is 0. The lowest BCUT2D eigenvalue weighted by molar-refractivity contribution is 0.0922. The zero-order chi connectivity index (χ0) is 19.7. The number of para-hydroxylation sites is 2. The maximum atomic E-state index is 13.1. The second kappa shape index (κ2) is 7.31. The van der Waals surface area contributed by atoms with Crippen LogP contribution >= 0.6 is 0 Å². The van der Waals surface area contributed by atoms with Gasteiger partial charge in [0.2, 0.25) is 0 Å². The highest BCUT2D eigenvalue weighted by atomic mass is 16.2. The lowest BCUT2D eigenvalue weighted by Crippen LogP contribution is -2.33. The minimum absolute atomic E-state index is 0.179. The average Bonchev–Trinajstić information content (AvgIpc) is 3.15. The average molecular weight is 374 g/mol. The summed E-state index contributed by atoms with van der Waals surface area (Å²) in [5, 5.41) is 4.25. The number of benzene rings is 2. The Balaban J connectivity index is 1.72. The molecule has 142 valence electrons. The van der Waals surface area contributed by atoms with Crippen molar-refractivity contribution >= 4 is 27.7 Å². The van der Waals surface area contributed by atoms with Gasteiger partial charge in [-0.2, -0.15) is 0 Å². The van der Waals surface area contributed by atoms with E-state index in [9.17, 15) is 9.59 Å². The van der Waals surface area contributed by atoms with E-state index < -0.39 is 0 Å². The quantitative estimate of drug-likeness (QED) is 0.494. The Hall–Kier alpha value is -3.41. The van der Waals surface area contributed by atoms with E-state index in [0.29, 0.717) is 16.3 Å². The number of imidazole rings is 1. The SMILES string of the molecule is CC[C@H](C)[C@H](NC(=O)c1c[nH]c(=O)c2ccccc12)c1nc2ccccc2[nH]1. The van der Waals surface area contributed by atoms with E-state index in [1.54, 1.807) is 18.2 Å². The number of carbonyl (C=O) groups excluding carboxylic acids is 1. The maximum absolute atomic E-state index is 13.1. The molecule has 0 fully saturated rings. The molecule has 0 aliphatic carbocycles. The number of fused-ring (bicyclic) bond motifs is 2. The lowest BCUT2D eigenvalue weighted by Gasteiger charge is -2.22. The third-order valence-corrected chi connectivity index (χ3v) is 5.26. The molecule has 0 aliphatic rings. The molecule has 0 spiro atoms. The predicted octanol–water partition coefficient (Wildman–Crippen LogP) is 3.92. The Labute approximate surface area is 162 Å². The molecule has 3 N–H and O–H groups in total. The van der Waals surface area contributed by atoms with Crippen molar-refractivity contribution in [1.29, 1.82) is 0 Å². The van der Waals surface area contributed by atoms with Crippen molar-refractivity contribution in [3.63, 3.8) is 0 Å². The summed E-state index contributed by atoms with van der Waals surface area (Å²) in [6.07, 6.45) is 2.36. The molecular formula is C22H22N4O2. The molecular weight excluding hydrogens is 352 g/mol.